The van der Waals surface area contributed by atoms with E-state index in [1.807, 2.05) is 13.0 Å². The molecule has 0 bridgehead atoms. The zero-order valence-corrected chi connectivity index (χ0v) is 11.5. The molecule has 0 aromatic rings. The van der Waals surface area contributed by atoms with Crippen LogP contribution in [0.2, 0.25) is 0 Å². The van der Waals surface area contributed by atoms with Gasteiger partial charge in [0.05, 0.1) is 12.2 Å². The summed E-state index contributed by atoms with van der Waals surface area (Å²) in [6, 6.07) is 0. The number of aliphatic hydroxyl groups is 2. The van der Waals surface area contributed by atoms with Crippen molar-refractivity contribution in [3.8, 4) is 0 Å². The Balaban J connectivity index is 2.92. The van der Waals surface area contributed by atoms with Crippen molar-refractivity contribution in [3.63, 3.8) is 0 Å². The van der Waals surface area contributed by atoms with Gasteiger partial charge in [-0.05, 0) is 50.5 Å². The molecule has 0 saturated carbocycles. The van der Waals surface area contributed by atoms with Gasteiger partial charge in [0.1, 0.15) is 0 Å². The second kappa shape index (κ2) is 5.83. The fourth-order valence-electron chi connectivity index (χ4n) is 2.16. The molecule has 2 heteroatoms. The average Bonchev–Trinajstić information content (AvgIpc) is 2.25. The van der Waals surface area contributed by atoms with E-state index in [0.29, 0.717) is 6.42 Å². The maximum atomic E-state index is 10.2. The van der Waals surface area contributed by atoms with E-state index in [9.17, 15) is 10.2 Å². The summed E-state index contributed by atoms with van der Waals surface area (Å²) in [4.78, 5) is 0. The van der Waals surface area contributed by atoms with Crippen LogP contribution < -0.4 is 0 Å². The largest absolute Gasteiger partial charge is 0.388 e. The van der Waals surface area contributed by atoms with Crippen molar-refractivity contribution in [2.45, 2.75) is 65.6 Å². The Kier molecular flexibility index (Phi) is 4.96. The first kappa shape index (κ1) is 14.5. The van der Waals surface area contributed by atoms with Gasteiger partial charge in [0.25, 0.3) is 0 Å². The van der Waals surface area contributed by atoms with Crippen molar-refractivity contribution in [1.82, 2.24) is 0 Å². The van der Waals surface area contributed by atoms with Crippen molar-refractivity contribution >= 4 is 0 Å². The van der Waals surface area contributed by atoms with Crippen LogP contribution in [-0.4, -0.2) is 22.4 Å². The minimum absolute atomic E-state index is 0.119. The molecule has 0 radical (unpaired) electrons. The Hall–Kier alpha value is -0.600. The van der Waals surface area contributed by atoms with Crippen LogP contribution in [0.4, 0.5) is 0 Å². The van der Waals surface area contributed by atoms with Crippen LogP contribution in [0.25, 0.3) is 0 Å². The first-order valence-corrected chi connectivity index (χ1v) is 6.53. The summed E-state index contributed by atoms with van der Waals surface area (Å²) in [5, 5.41) is 20.2. The van der Waals surface area contributed by atoms with Gasteiger partial charge < -0.3 is 10.2 Å². The molecule has 0 saturated heterocycles. The number of aliphatic hydroxyl groups excluding tert-OH is 2. The average molecular weight is 238 g/mol. The summed E-state index contributed by atoms with van der Waals surface area (Å²) >= 11 is 0. The molecular weight excluding hydrogens is 212 g/mol. The molecule has 2 N–H and O–H groups in total. The Morgan fingerprint density at radius 3 is 2.53 bits per heavy atom. The molecule has 0 aromatic heterocycles. The smallest absolute Gasteiger partial charge is 0.0782 e. The molecule has 1 aliphatic rings. The van der Waals surface area contributed by atoms with Crippen molar-refractivity contribution in [3.05, 3.63) is 23.3 Å². The summed E-state index contributed by atoms with van der Waals surface area (Å²) in [5.74, 6) is 0. The molecule has 2 atom stereocenters. The van der Waals surface area contributed by atoms with E-state index in [4.69, 9.17) is 0 Å². The molecule has 0 aromatic carbocycles. The Morgan fingerprint density at radius 1 is 1.24 bits per heavy atom. The van der Waals surface area contributed by atoms with E-state index in [-0.39, 0.29) is 5.41 Å². The summed E-state index contributed by atoms with van der Waals surface area (Å²) < 4.78 is 0. The van der Waals surface area contributed by atoms with Crippen LogP contribution in [0.1, 0.15) is 53.4 Å². The first-order chi connectivity index (χ1) is 7.83. The van der Waals surface area contributed by atoms with Crippen molar-refractivity contribution < 1.29 is 10.2 Å². The van der Waals surface area contributed by atoms with E-state index in [0.717, 1.165) is 24.8 Å². The predicted molar refractivity (Wildman–Crippen MR) is 71.8 cm³/mol. The minimum atomic E-state index is -0.476. The second-order valence-corrected chi connectivity index (χ2v) is 6.00. The molecule has 98 valence electrons. The van der Waals surface area contributed by atoms with Gasteiger partial charge in [0.15, 0.2) is 0 Å². The number of rotatable bonds is 0. The molecule has 0 aliphatic heterocycles. The lowest BCUT2D eigenvalue weighted by molar-refractivity contribution is 0.0797. The van der Waals surface area contributed by atoms with Crippen molar-refractivity contribution in [2.75, 3.05) is 0 Å². The van der Waals surface area contributed by atoms with Gasteiger partial charge in [0.2, 0.25) is 0 Å². The normalized spacial score (nSPS) is 37.3. The van der Waals surface area contributed by atoms with Crippen molar-refractivity contribution in [1.29, 1.82) is 0 Å². The molecule has 0 heterocycles. The van der Waals surface area contributed by atoms with Gasteiger partial charge >= 0.3 is 0 Å². The molecule has 1 aliphatic carbocycles. The lowest BCUT2D eigenvalue weighted by atomic mass is 9.80. The van der Waals surface area contributed by atoms with Crippen LogP contribution in [0.3, 0.4) is 0 Å². The molecule has 17 heavy (non-hydrogen) atoms. The van der Waals surface area contributed by atoms with Crippen LogP contribution in [-0.2, 0) is 0 Å². The second-order valence-electron chi connectivity index (χ2n) is 6.00. The van der Waals surface area contributed by atoms with Crippen LogP contribution in [0.5, 0.6) is 0 Å². The van der Waals surface area contributed by atoms with Crippen LogP contribution in [0, 0.1) is 5.41 Å². The lowest BCUT2D eigenvalue weighted by Crippen LogP contribution is -2.28. The van der Waals surface area contributed by atoms with E-state index in [1.54, 1.807) is 0 Å². The maximum absolute atomic E-state index is 10.2. The Morgan fingerprint density at radius 2 is 1.88 bits per heavy atom. The Labute approximate surface area is 105 Å². The maximum Gasteiger partial charge on any atom is 0.0782 e. The zero-order valence-electron chi connectivity index (χ0n) is 11.5. The highest BCUT2D eigenvalue weighted by Crippen LogP contribution is 2.31. The molecule has 0 unspecified atom stereocenters. The highest BCUT2D eigenvalue weighted by Gasteiger charge is 2.26. The van der Waals surface area contributed by atoms with Crippen LogP contribution >= 0.6 is 0 Å². The molecule has 0 amide bonds. The van der Waals surface area contributed by atoms with E-state index < -0.39 is 12.2 Å². The highest BCUT2D eigenvalue weighted by atomic mass is 16.3. The first-order valence-electron chi connectivity index (χ1n) is 6.53. The van der Waals surface area contributed by atoms with E-state index in [1.165, 1.54) is 5.57 Å². The Bertz CT molecular complexity index is 313. The summed E-state index contributed by atoms with van der Waals surface area (Å²) in [6.45, 7) is 8.19. The fraction of sp³-hybridized carbons (Fsp3) is 0.733. The minimum Gasteiger partial charge on any atom is -0.388 e. The highest BCUT2D eigenvalue weighted by molar-refractivity contribution is 5.13. The fourth-order valence-corrected chi connectivity index (χ4v) is 2.16. The van der Waals surface area contributed by atoms with Gasteiger partial charge in [-0.3, -0.25) is 0 Å². The van der Waals surface area contributed by atoms with Crippen molar-refractivity contribution in [2.24, 2.45) is 5.41 Å². The predicted octanol–water partition coefficient (Wildman–Crippen LogP) is 3.20. The monoisotopic (exact) mass is 238 g/mol. The number of allylic oxidation sites excluding steroid dienone is 1. The summed E-state index contributed by atoms with van der Waals surface area (Å²) in [5.41, 5.74) is 2.09. The van der Waals surface area contributed by atoms with Gasteiger partial charge in [-0.2, -0.15) is 0 Å². The molecule has 0 fully saturated rings. The summed E-state index contributed by atoms with van der Waals surface area (Å²) in [7, 11) is 0. The lowest BCUT2D eigenvalue weighted by Gasteiger charge is -2.29. The standard InChI is InChI=1S/C15H26O2/c1-11-6-5-9-15(3,4)14(17)10-12(2)13(16)8-7-11/h7,10,13-14,16-17H,5-6,8-9H2,1-4H3/b11-7+,12-10+/t13-,14+/m0/s1. The van der Waals surface area contributed by atoms with Gasteiger partial charge in [-0.25, -0.2) is 0 Å². The molecule has 1 rings (SSSR count). The van der Waals surface area contributed by atoms with Gasteiger partial charge in [-0.1, -0.05) is 31.6 Å². The third-order valence-corrected chi connectivity index (χ3v) is 3.83. The summed E-state index contributed by atoms with van der Waals surface area (Å²) in [6.07, 6.45) is 6.80. The SMILES string of the molecule is C/C1=C\C[C@H](O)/C(C)=C/[C@@H](O)C(C)(C)CCC1. The van der Waals surface area contributed by atoms with Crippen LogP contribution in [0.15, 0.2) is 23.3 Å². The van der Waals surface area contributed by atoms with E-state index in [2.05, 4.69) is 26.8 Å². The quantitative estimate of drug-likeness (QED) is 0.636. The molecule has 2 nitrogen and oxygen atoms in total. The third-order valence-electron chi connectivity index (χ3n) is 3.83. The third kappa shape index (κ3) is 4.29. The zero-order chi connectivity index (χ0) is 13.1. The topological polar surface area (TPSA) is 40.5 Å². The van der Waals surface area contributed by atoms with Gasteiger partial charge in [-0.15, -0.1) is 0 Å². The molecular formula is C15H26O2. The van der Waals surface area contributed by atoms with Gasteiger partial charge in [0, 0.05) is 0 Å². The molecule has 0 spiro atoms. The van der Waals surface area contributed by atoms with E-state index >= 15 is 0 Å². The number of hydrogen-bond acceptors (Lipinski definition) is 2. The number of hydrogen-bond donors (Lipinski definition) is 2.